The molecule has 0 heterocycles. The van der Waals surface area contributed by atoms with Gasteiger partial charge in [0.25, 0.3) is 0 Å². The zero-order valence-corrected chi connectivity index (χ0v) is 60.6. The van der Waals surface area contributed by atoms with Gasteiger partial charge in [0.2, 0.25) is 0 Å². The number of ether oxygens (including phenoxy) is 4. The van der Waals surface area contributed by atoms with Crippen LogP contribution in [0, 0.1) is 11.8 Å². The van der Waals surface area contributed by atoms with Gasteiger partial charge in [-0.25, -0.2) is 9.13 Å². The van der Waals surface area contributed by atoms with Gasteiger partial charge in [0.1, 0.15) is 19.3 Å². The van der Waals surface area contributed by atoms with Crippen molar-refractivity contribution in [1.82, 2.24) is 0 Å². The van der Waals surface area contributed by atoms with Crippen molar-refractivity contribution in [3.05, 3.63) is 48.6 Å². The van der Waals surface area contributed by atoms with Crippen LogP contribution in [-0.4, -0.2) is 96.7 Å². The number of phosphoric ester groups is 2. The molecule has 0 spiro atoms. The first kappa shape index (κ1) is 89.0. The molecule has 0 bridgehead atoms. The van der Waals surface area contributed by atoms with E-state index in [2.05, 4.69) is 90.2 Å². The lowest BCUT2D eigenvalue weighted by Crippen LogP contribution is -2.30. The summed E-state index contributed by atoms with van der Waals surface area (Å²) in [6.07, 6.45) is 55.7. The second kappa shape index (κ2) is 64.0. The fourth-order valence-corrected chi connectivity index (χ4v) is 11.6. The largest absolute Gasteiger partial charge is 0.472 e. The zero-order chi connectivity index (χ0) is 67.9. The number of unbranched alkanes of at least 4 members (excludes halogenated alkanes) is 30. The Labute approximate surface area is 559 Å². The van der Waals surface area contributed by atoms with Crippen LogP contribution in [0.2, 0.25) is 0 Å². The van der Waals surface area contributed by atoms with Crippen LogP contribution < -0.4 is 0 Å². The summed E-state index contributed by atoms with van der Waals surface area (Å²) in [6, 6.07) is 0. The Kier molecular flexibility index (Phi) is 62.0. The lowest BCUT2D eigenvalue weighted by molar-refractivity contribution is -0.161. The van der Waals surface area contributed by atoms with Gasteiger partial charge in [-0.2, -0.15) is 0 Å². The van der Waals surface area contributed by atoms with Crippen LogP contribution in [0.15, 0.2) is 48.6 Å². The van der Waals surface area contributed by atoms with Gasteiger partial charge in [0.05, 0.1) is 26.4 Å². The van der Waals surface area contributed by atoms with Crippen LogP contribution in [0.25, 0.3) is 0 Å². The molecular weight excluding hydrogens is 1210 g/mol. The molecule has 0 aliphatic rings. The van der Waals surface area contributed by atoms with E-state index in [0.717, 1.165) is 134 Å². The minimum absolute atomic E-state index is 0.0813. The molecule has 0 aliphatic heterocycles. The number of allylic oxidation sites excluding steroid dienone is 8. The highest BCUT2D eigenvalue weighted by atomic mass is 31.2. The van der Waals surface area contributed by atoms with Gasteiger partial charge < -0.3 is 33.8 Å². The molecule has 3 N–H and O–H groups in total. The monoisotopic (exact) mass is 1340 g/mol. The topological polar surface area (TPSA) is 237 Å². The van der Waals surface area contributed by atoms with Crippen molar-refractivity contribution in [2.24, 2.45) is 11.8 Å². The van der Waals surface area contributed by atoms with E-state index in [9.17, 15) is 43.2 Å². The zero-order valence-electron chi connectivity index (χ0n) is 58.8. The molecule has 17 nitrogen and oxygen atoms in total. The van der Waals surface area contributed by atoms with Gasteiger partial charge in [-0.3, -0.25) is 37.3 Å². The smallest absolute Gasteiger partial charge is 0.462 e. The van der Waals surface area contributed by atoms with Crippen molar-refractivity contribution >= 4 is 39.5 Å². The molecule has 0 fully saturated rings. The summed E-state index contributed by atoms with van der Waals surface area (Å²) in [5.74, 6) is -0.685. The number of hydrogen-bond acceptors (Lipinski definition) is 15. The lowest BCUT2D eigenvalue weighted by Gasteiger charge is -2.21. The number of esters is 4. The molecule has 0 saturated carbocycles. The van der Waals surface area contributed by atoms with Gasteiger partial charge in [0.15, 0.2) is 12.2 Å². The minimum atomic E-state index is -4.97. The van der Waals surface area contributed by atoms with Gasteiger partial charge in [-0.1, -0.05) is 270 Å². The molecule has 0 aliphatic carbocycles. The lowest BCUT2D eigenvalue weighted by atomic mass is 9.99. The predicted octanol–water partition coefficient (Wildman–Crippen LogP) is 20.3. The van der Waals surface area contributed by atoms with Crippen molar-refractivity contribution in [3.63, 3.8) is 0 Å². The molecule has 92 heavy (non-hydrogen) atoms. The number of carbonyl (C=O) groups excluding carboxylic acids is 4. The summed E-state index contributed by atoms with van der Waals surface area (Å²) in [7, 11) is -9.93. The van der Waals surface area contributed by atoms with Crippen LogP contribution >= 0.6 is 15.6 Å². The normalized spacial score (nSPS) is 15.0. The molecule has 19 heteroatoms. The Bertz CT molecular complexity index is 1980. The maximum atomic E-state index is 13.0. The molecule has 0 saturated heterocycles. The maximum Gasteiger partial charge on any atom is 0.472 e. The van der Waals surface area contributed by atoms with Crippen LogP contribution in [0.3, 0.4) is 0 Å². The van der Waals surface area contributed by atoms with Crippen molar-refractivity contribution in [1.29, 1.82) is 0 Å². The van der Waals surface area contributed by atoms with Crippen molar-refractivity contribution < 1.29 is 80.2 Å². The summed E-state index contributed by atoms with van der Waals surface area (Å²) >= 11 is 0. The van der Waals surface area contributed by atoms with E-state index >= 15 is 0 Å². The van der Waals surface area contributed by atoms with E-state index in [-0.39, 0.29) is 25.7 Å². The quantitative estimate of drug-likeness (QED) is 0.0169. The number of aliphatic hydroxyl groups excluding tert-OH is 1. The molecule has 0 aromatic rings. The molecule has 0 amide bonds. The molecule has 0 aromatic heterocycles. The SMILES string of the molecule is CCCCCC/C=C\C=C/CCCCCCCC(=O)O[C@H](COC(=O)CCCCCCCCCCC(C)CC)COP(=O)(O)OC[C@@H](O)COP(=O)(O)OC[C@@H](COC(=O)CCCCCCCCC(C)CC)OC(=O)CCCCCCC/C=C\C=C/CCCCCC. The van der Waals surface area contributed by atoms with E-state index in [0.29, 0.717) is 25.7 Å². The Morgan fingerprint density at radius 1 is 0.348 bits per heavy atom. The van der Waals surface area contributed by atoms with Crippen LogP contribution in [0.1, 0.15) is 324 Å². The summed E-state index contributed by atoms with van der Waals surface area (Å²) < 4.78 is 68.3. The van der Waals surface area contributed by atoms with Gasteiger partial charge in [0, 0.05) is 25.7 Å². The van der Waals surface area contributed by atoms with Gasteiger partial charge in [-0.15, -0.1) is 0 Å². The van der Waals surface area contributed by atoms with Crippen molar-refractivity contribution in [3.8, 4) is 0 Å². The predicted molar refractivity (Wildman–Crippen MR) is 372 cm³/mol. The molecule has 7 atom stereocenters. The van der Waals surface area contributed by atoms with Crippen LogP contribution in [0.5, 0.6) is 0 Å². The van der Waals surface area contributed by atoms with E-state index in [4.69, 9.17) is 37.0 Å². The number of rotatable bonds is 68. The number of carbonyl (C=O) groups is 4. The maximum absolute atomic E-state index is 13.0. The Hall–Kier alpha value is -2.98. The summed E-state index contributed by atoms with van der Waals surface area (Å²) in [4.78, 5) is 72.6. The van der Waals surface area contributed by atoms with Gasteiger partial charge in [-0.05, 0) is 88.9 Å². The number of hydrogen-bond donors (Lipinski definition) is 3. The molecule has 0 radical (unpaired) electrons. The fraction of sp³-hybridized carbons (Fsp3) is 0.836. The van der Waals surface area contributed by atoms with Crippen LogP contribution in [0.4, 0.5) is 0 Å². The van der Waals surface area contributed by atoms with E-state index < -0.39 is 97.5 Å². The van der Waals surface area contributed by atoms with E-state index in [1.54, 1.807) is 0 Å². The summed E-state index contributed by atoms with van der Waals surface area (Å²) in [6.45, 7) is 9.39. The van der Waals surface area contributed by atoms with Crippen LogP contribution in [-0.2, 0) is 65.4 Å². The third-order valence-electron chi connectivity index (χ3n) is 16.4. The molecule has 0 aromatic carbocycles. The second-order valence-corrected chi connectivity index (χ2v) is 28.3. The Morgan fingerprint density at radius 3 is 0.913 bits per heavy atom. The number of aliphatic hydroxyl groups is 1. The third-order valence-corrected chi connectivity index (χ3v) is 18.3. The highest BCUT2D eigenvalue weighted by molar-refractivity contribution is 7.47. The number of phosphoric acid groups is 2. The third kappa shape index (κ3) is 63.1. The van der Waals surface area contributed by atoms with Crippen molar-refractivity contribution in [2.45, 2.75) is 342 Å². The highest BCUT2D eigenvalue weighted by Gasteiger charge is 2.30. The molecule has 0 rings (SSSR count). The minimum Gasteiger partial charge on any atom is -0.462 e. The van der Waals surface area contributed by atoms with Crippen molar-refractivity contribution in [2.75, 3.05) is 39.6 Å². The Balaban J connectivity index is 5.34. The molecule has 538 valence electrons. The first-order valence-corrected chi connectivity index (χ1v) is 39.7. The average molecular weight is 1350 g/mol. The first-order chi connectivity index (χ1) is 44.4. The van der Waals surface area contributed by atoms with E-state index in [1.807, 2.05) is 0 Å². The molecule has 4 unspecified atom stereocenters. The average Bonchev–Trinajstić information content (AvgIpc) is 1.68. The van der Waals surface area contributed by atoms with Gasteiger partial charge >= 0.3 is 39.5 Å². The van der Waals surface area contributed by atoms with E-state index in [1.165, 1.54) is 109 Å². The standard InChI is InChI=1S/C73H134O17P2/c1-7-11-13-15-17-19-21-23-25-27-29-31-37-45-51-57-72(77)89-68(61-83-70(75)55-49-43-36-34-33-35-41-47-53-65(5)9-3)63-87-91(79,80)85-59-67(74)60-86-92(81,82)88-64-69(62-84-71(76)56-50-44-40-39-42-48-54-66(6)10-4)90-73(78)58-52-46-38-32-30-28-26-24-22-20-18-16-14-12-8-2/h19-26,65-69,74H,7-18,27-64H2,1-6H3,(H,79,80)(H,81,82)/b21-19-,22-20-,25-23-,26-24-/t65?,66?,67-,68-,69-/m1/s1. The molecular formula is C73H134O17P2. The Morgan fingerprint density at radius 2 is 0.609 bits per heavy atom. The first-order valence-electron chi connectivity index (χ1n) is 36.7. The fourth-order valence-electron chi connectivity index (χ4n) is 9.98. The highest BCUT2D eigenvalue weighted by Crippen LogP contribution is 2.45. The second-order valence-electron chi connectivity index (χ2n) is 25.4. The summed E-state index contributed by atoms with van der Waals surface area (Å²) in [5.41, 5.74) is 0. The summed E-state index contributed by atoms with van der Waals surface area (Å²) in [5, 5.41) is 10.6.